The van der Waals surface area contributed by atoms with E-state index >= 15 is 0 Å². The molecule has 3 aromatic rings. The molecule has 1 heterocycles. The SMILES string of the molecule is CCN(CCC(=O)Nc1ccc(C(N)=O)cc1)C(=O)c1ccc(-n2c(C)ccc2C)cc1. The molecule has 32 heavy (non-hydrogen) atoms. The number of carbonyl (C=O) groups is 3. The fraction of sp³-hybridized carbons (Fsp3) is 0.240. The van der Waals surface area contributed by atoms with Gasteiger partial charge in [-0.2, -0.15) is 0 Å². The second-order valence-corrected chi connectivity index (χ2v) is 7.62. The summed E-state index contributed by atoms with van der Waals surface area (Å²) in [7, 11) is 0. The van der Waals surface area contributed by atoms with E-state index in [0.717, 1.165) is 17.1 Å². The molecule has 7 nitrogen and oxygen atoms in total. The van der Waals surface area contributed by atoms with Crippen LogP contribution in [0.5, 0.6) is 0 Å². The molecule has 7 heteroatoms. The van der Waals surface area contributed by atoms with Crippen LogP contribution in [0.3, 0.4) is 0 Å². The Kier molecular flexibility index (Phi) is 7.10. The molecule has 3 amide bonds. The van der Waals surface area contributed by atoms with Crippen LogP contribution in [0.25, 0.3) is 5.69 Å². The summed E-state index contributed by atoms with van der Waals surface area (Å²) in [4.78, 5) is 38.0. The van der Waals surface area contributed by atoms with Gasteiger partial charge in [-0.3, -0.25) is 14.4 Å². The van der Waals surface area contributed by atoms with Crippen molar-refractivity contribution in [3.63, 3.8) is 0 Å². The molecule has 0 aliphatic carbocycles. The number of anilines is 1. The van der Waals surface area contributed by atoms with E-state index < -0.39 is 5.91 Å². The minimum absolute atomic E-state index is 0.112. The van der Waals surface area contributed by atoms with Gasteiger partial charge in [-0.25, -0.2) is 0 Å². The van der Waals surface area contributed by atoms with Gasteiger partial charge in [0.25, 0.3) is 5.91 Å². The van der Waals surface area contributed by atoms with Gasteiger partial charge in [0.05, 0.1) is 0 Å². The fourth-order valence-electron chi connectivity index (χ4n) is 3.59. The summed E-state index contributed by atoms with van der Waals surface area (Å²) in [6, 6.07) is 18.0. The first-order chi connectivity index (χ1) is 15.3. The van der Waals surface area contributed by atoms with Gasteiger partial charge in [0.1, 0.15) is 0 Å². The Labute approximate surface area is 187 Å². The number of primary amides is 1. The highest BCUT2D eigenvalue weighted by molar-refractivity contribution is 5.96. The Morgan fingerprint density at radius 3 is 1.97 bits per heavy atom. The monoisotopic (exact) mass is 432 g/mol. The van der Waals surface area contributed by atoms with Crippen LogP contribution < -0.4 is 11.1 Å². The van der Waals surface area contributed by atoms with Crippen LogP contribution in [-0.4, -0.2) is 40.3 Å². The number of amides is 3. The van der Waals surface area contributed by atoms with E-state index in [0.29, 0.717) is 29.9 Å². The van der Waals surface area contributed by atoms with Crippen LogP contribution in [0, 0.1) is 13.8 Å². The lowest BCUT2D eigenvalue weighted by molar-refractivity contribution is -0.116. The summed E-state index contributed by atoms with van der Waals surface area (Å²) >= 11 is 0. The molecule has 1 aromatic heterocycles. The van der Waals surface area contributed by atoms with Crippen molar-refractivity contribution in [1.29, 1.82) is 0 Å². The highest BCUT2D eigenvalue weighted by Crippen LogP contribution is 2.18. The second-order valence-electron chi connectivity index (χ2n) is 7.62. The largest absolute Gasteiger partial charge is 0.366 e. The summed E-state index contributed by atoms with van der Waals surface area (Å²) in [6.45, 7) is 6.78. The third-order valence-corrected chi connectivity index (χ3v) is 5.37. The Hall–Kier alpha value is -3.87. The first-order valence-corrected chi connectivity index (χ1v) is 10.5. The van der Waals surface area contributed by atoms with Gasteiger partial charge in [0, 0.05) is 53.4 Å². The third-order valence-electron chi connectivity index (χ3n) is 5.37. The zero-order valence-corrected chi connectivity index (χ0v) is 18.6. The maximum absolute atomic E-state index is 12.9. The van der Waals surface area contributed by atoms with Gasteiger partial charge in [0.15, 0.2) is 0 Å². The van der Waals surface area contributed by atoms with Crippen LogP contribution in [0.15, 0.2) is 60.7 Å². The molecule has 0 bridgehead atoms. The van der Waals surface area contributed by atoms with Gasteiger partial charge in [0.2, 0.25) is 11.8 Å². The maximum Gasteiger partial charge on any atom is 0.253 e. The molecule has 3 rings (SSSR count). The number of hydrogen-bond donors (Lipinski definition) is 2. The number of carbonyl (C=O) groups excluding carboxylic acids is 3. The molecule has 2 aromatic carbocycles. The second kappa shape index (κ2) is 9.96. The fourth-order valence-corrected chi connectivity index (χ4v) is 3.59. The average Bonchev–Trinajstić information content (AvgIpc) is 3.12. The van der Waals surface area contributed by atoms with E-state index in [1.54, 1.807) is 29.2 Å². The quantitative estimate of drug-likeness (QED) is 0.568. The third kappa shape index (κ3) is 5.24. The summed E-state index contributed by atoms with van der Waals surface area (Å²) in [5, 5.41) is 2.77. The van der Waals surface area contributed by atoms with E-state index in [1.165, 1.54) is 0 Å². The van der Waals surface area contributed by atoms with E-state index in [-0.39, 0.29) is 18.2 Å². The Morgan fingerprint density at radius 2 is 1.44 bits per heavy atom. The number of nitrogens with one attached hydrogen (secondary N) is 1. The lowest BCUT2D eigenvalue weighted by atomic mass is 10.1. The number of hydrogen-bond acceptors (Lipinski definition) is 3. The van der Waals surface area contributed by atoms with Crippen molar-refractivity contribution in [3.05, 3.63) is 83.2 Å². The number of rotatable bonds is 8. The van der Waals surface area contributed by atoms with Crippen molar-refractivity contribution in [3.8, 4) is 5.69 Å². The zero-order chi connectivity index (χ0) is 23.3. The summed E-state index contributed by atoms with van der Waals surface area (Å²) in [6.07, 6.45) is 0.164. The van der Waals surface area contributed by atoms with Crippen molar-refractivity contribution in [2.75, 3.05) is 18.4 Å². The number of nitrogens with zero attached hydrogens (tertiary/aromatic N) is 2. The highest BCUT2D eigenvalue weighted by atomic mass is 16.2. The molecule has 3 N–H and O–H groups in total. The molecule has 0 unspecified atom stereocenters. The van der Waals surface area contributed by atoms with E-state index in [4.69, 9.17) is 5.73 Å². The van der Waals surface area contributed by atoms with Crippen molar-refractivity contribution in [1.82, 2.24) is 9.47 Å². The molecular weight excluding hydrogens is 404 g/mol. The number of aromatic nitrogens is 1. The van der Waals surface area contributed by atoms with Crippen molar-refractivity contribution in [2.45, 2.75) is 27.2 Å². The first kappa shape index (κ1) is 22.8. The maximum atomic E-state index is 12.9. The molecule has 0 spiro atoms. The average molecular weight is 433 g/mol. The first-order valence-electron chi connectivity index (χ1n) is 10.5. The number of aryl methyl sites for hydroxylation is 2. The molecule has 0 radical (unpaired) electrons. The van der Waals surface area contributed by atoms with Gasteiger partial charge in [-0.05, 0) is 81.4 Å². The topological polar surface area (TPSA) is 97.4 Å². The van der Waals surface area contributed by atoms with Gasteiger partial charge in [-0.15, -0.1) is 0 Å². The van der Waals surface area contributed by atoms with Crippen LogP contribution >= 0.6 is 0 Å². The summed E-state index contributed by atoms with van der Waals surface area (Å²) in [5.74, 6) is -0.845. The van der Waals surface area contributed by atoms with Crippen molar-refractivity contribution < 1.29 is 14.4 Å². The van der Waals surface area contributed by atoms with E-state index in [1.807, 2.05) is 45.0 Å². The smallest absolute Gasteiger partial charge is 0.253 e. The van der Waals surface area contributed by atoms with Crippen LogP contribution in [0.2, 0.25) is 0 Å². The lowest BCUT2D eigenvalue weighted by Crippen LogP contribution is -2.33. The number of nitrogens with two attached hydrogens (primary N) is 1. The van der Waals surface area contributed by atoms with Gasteiger partial charge in [-0.1, -0.05) is 0 Å². The molecule has 166 valence electrons. The summed E-state index contributed by atoms with van der Waals surface area (Å²) in [5.41, 5.74) is 10.0. The molecular formula is C25H28N4O3. The van der Waals surface area contributed by atoms with E-state index in [2.05, 4.69) is 22.0 Å². The van der Waals surface area contributed by atoms with Gasteiger partial charge >= 0.3 is 0 Å². The Balaban J connectivity index is 1.59. The molecule has 0 fully saturated rings. The normalized spacial score (nSPS) is 10.6. The van der Waals surface area contributed by atoms with Crippen LogP contribution in [0.1, 0.15) is 45.4 Å². The summed E-state index contributed by atoms with van der Waals surface area (Å²) < 4.78 is 2.13. The minimum Gasteiger partial charge on any atom is -0.366 e. The van der Waals surface area contributed by atoms with Crippen molar-refractivity contribution in [2.24, 2.45) is 5.73 Å². The van der Waals surface area contributed by atoms with E-state index in [9.17, 15) is 14.4 Å². The standard InChI is InChI=1S/C25H28N4O3/c1-4-28(16-15-23(30)27-21-11-7-19(8-12-21)24(26)31)25(32)20-9-13-22(14-10-20)29-17(2)5-6-18(29)3/h5-14H,4,15-16H2,1-3H3,(H2,26,31)(H,27,30). The zero-order valence-electron chi connectivity index (χ0n) is 18.6. The molecule has 0 saturated heterocycles. The van der Waals surface area contributed by atoms with Gasteiger partial charge < -0.3 is 20.5 Å². The van der Waals surface area contributed by atoms with Crippen molar-refractivity contribution >= 4 is 23.4 Å². The Bertz CT molecular complexity index is 1100. The molecule has 0 aliphatic rings. The van der Waals surface area contributed by atoms with Crippen LogP contribution in [-0.2, 0) is 4.79 Å². The lowest BCUT2D eigenvalue weighted by Gasteiger charge is -2.21. The Morgan fingerprint density at radius 1 is 0.875 bits per heavy atom. The molecule has 0 atom stereocenters. The predicted octanol–water partition coefficient (Wildman–Crippen LogP) is 3.68. The molecule has 0 saturated carbocycles. The predicted molar refractivity (Wildman–Crippen MR) is 125 cm³/mol. The van der Waals surface area contributed by atoms with Crippen LogP contribution in [0.4, 0.5) is 5.69 Å². The molecule has 0 aliphatic heterocycles. The minimum atomic E-state index is -0.522. The highest BCUT2D eigenvalue weighted by Gasteiger charge is 2.16. The number of benzene rings is 2.